The van der Waals surface area contributed by atoms with Crippen LogP contribution >= 0.6 is 11.6 Å². The van der Waals surface area contributed by atoms with Gasteiger partial charge in [-0.3, -0.25) is 4.79 Å². The fourth-order valence-corrected chi connectivity index (χ4v) is 2.83. The van der Waals surface area contributed by atoms with Crippen molar-refractivity contribution in [1.82, 2.24) is 15.5 Å². The average molecular weight is 399 g/mol. The van der Waals surface area contributed by atoms with E-state index in [1.807, 2.05) is 49.3 Å². The molecular formula is C21H23ClN4O2. The van der Waals surface area contributed by atoms with Crippen molar-refractivity contribution in [3.8, 4) is 11.4 Å². The van der Waals surface area contributed by atoms with Crippen molar-refractivity contribution in [2.24, 2.45) is 0 Å². The highest BCUT2D eigenvalue weighted by Gasteiger charge is 2.10. The summed E-state index contributed by atoms with van der Waals surface area (Å²) in [5.41, 5.74) is 3.03. The molecule has 0 radical (unpaired) electrons. The second kappa shape index (κ2) is 9.37. The summed E-state index contributed by atoms with van der Waals surface area (Å²) in [7, 11) is 3.99. The van der Waals surface area contributed by atoms with E-state index in [2.05, 4.69) is 21.5 Å². The highest BCUT2D eigenvalue weighted by Crippen LogP contribution is 2.19. The van der Waals surface area contributed by atoms with Gasteiger partial charge in [0.25, 0.3) is 0 Å². The molecule has 7 heteroatoms. The minimum Gasteiger partial charge on any atom is -0.378 e. The average Bonchev–Trinajstić information content (AvgIpc) is 3.16. The number of nitrogens with zero attached hydrogens (tertiary/aromatic N) is 3. The number of hydrogen-bond donors (Lipinski definition) is 1. The van der Waals surface area contributed by atoms with Crippen LogP contribution in [0.2, 0.25) is 5.02 Å². The number of amides is 1. The quantitative estimate of drug-likeness (QED) is 0.618. The first-order valence-corrected chi connectivity index (χ1v) is 9.50. The van der Waals surface area contributed by atoms with Crippen molar-refractivity contribution in [1.29, 1.82) is 0 Å². The molecule has 3 aromatic rings. The maximum absolute atomic E-state index is 12.1. The normalized spacial score (nSPS) is 10.7. The third-order valence-corrected chi connectivity index (χ3v) is 4.53. The van der Waals surface area contributed by atoms with Gasteiger partial charge < -0.3 is 14.7 Å². The number of anilines is 1. The first-order valence-electron chi connectivity index (χ1n) is 9.13. The van der Waals surface area contributed by atoms with Crippen LogP contribution in [0.25, 0.3) is 11.4 Å². The molecule has 0 bridgehead atoms. The van der Waals surface area contributed by atoms with Gasteiger partial charge in [-0.2, -0.15) is 4.98 Å². The zero-order valence-corrected chi connectivity index (χ0v) is 16.7. The summed E-state index contributed by atoms with van der Waals surface area (Å²) >= 11 is 5.88. The molecule has 0 saturated carbocycles. The summed E-state index contributed by atoms with van der Waals surface area (Å²) in [5.74, 6) is 1.06. The first-order chi connectivity index (χ1) is 13.5. The van der Waals surface area contributed by atoms with Crippen LogP contribution in [0.3, 0.4) is 0 Å². The fraction of sp³-hybridized carbons (Fsp3) is 0.286. The van der Waals surface area contributed by atoms with E-state index in [4.69, 9.17) is 16.1 Å². The molecule has 0 fully saturated rings. The van der Waals surface area contributed by atoms with Gasteiger partial charge >= 0.3 is 0 Å². The fourth-order valence-electron chi connectivity index (χ4n) is 2.71. The zero-order chi connectivity index (χ0) is 19.9. The lowest BCUT2D eigenvalue weighted by atomic mass is 10.2. The summed E-state index contributed by atoms with van der Waals surface area (Å²) < 4.78 is 5.27. The molecule has 1 N–H and O–H groups in total. The van der Waals surface area contributed by atoms with Crippen molar-refractivity contribution in [2.75, 3.05) is 19.0 Å². The van der Waals surface area contributed by atoms with E-state index in [9.17, 15) is 4.79 Å². The van der Waals surface area contributed by atoms with E-state index in [1.165, 1.54) is 0 Å². The molecule has 1 amide bonds. The Kier molecular flexibility index (Phi) is 6.66. The Morgan fingerprint density at radius 2 is 1.96 bits per heavy atom. The van der Waals surface area contributed by atoms with Crippen molar-refractivity contribution < 1.29 is 9.32 Å². The lowest BCUT2D eigenvalue weighted by Gasteiger charge is -2.13. The highest BCUT2D eigenvalue weighted by atomic mass is 35.5. The van der Waals surface area contributed by atoms with Gasteiger partial charge in [0.1, 0.15) is 0 Å². The van der Waals surface area contributed by atoms with E-state index in [0.29, 0.717) is 42.5 Å². The summed E-state index contributed by atoms with van der Waals surface area (Å²) in [6.07, 6.45) is 1.61. The molecule has 146 valence electrons. The van der Waals surface area contributed by atoms with Gasteiger partial charge in [0, 0.05) is 49.8 Å². The minimum atomic E-state index is 0.00713. The molecule has 0 aliphatic heterocycles. The van der Waals surface area contributed by atoms with Crippen LogP contribution in [-0.2, 0) is 17.8 Å². The van der Waals surface area contributed by atoms with Gasteiger partial charge in [-0.15, -0.1) is 0 Å². The van der Waals surface area contributed by atoms with E-state index in [-0.39, 0.29) is 5.91 Å². The van der Waals surface area contributed by atoms with Crippen molar-refractivity contribution in [3.05, 3.63) is 65.0 Å². The van der Waals surface area contributed by atoms with Crippen LogP contribution in [0.1, 0.15) is 24.3 Å². The van der Waals surface area contributed by atoms with Crippen LogP contribution in [0, 0.1) is 0 Å². The van der Waals surface area contributed by atoms with E-state index in [1.54, 1.807) is 12.1 Å². The Hall–Kier alpha value is -2.86. The standard InChI is InChI=1S/C21H23ClN4O2/c1-26(2)18-6-3-5-15(13-18)14-23-19(27)7-4-8-20-24-21(25-28-20)16-9-11-17(22)12-10-16/h3,5-6,9-13H,4,7-8,14H2,1-2H3,(H,23,27). The van der Waals surface area contributed by atoms with Gasteiger partial charge in [0.15, 0.2) is 0 Å². The predicted octanol–water partition coefficient (Wildman–Crippen LogP) is 4.10. The molecule has 0 aliphatic carbocycles. The Labute approximate surface area is 169 Å². The number of aromatic nitrogens is 2. The molecule has 0 aliphatic rings. The molecule has 3 rings (SSSR count). The van der Waals surface area contributed by atoms with Crippen molar-refractivity contribution in [2.45, 2.75) is 25.8 Å². The summed E-state index contributed by atoms with van der Waals surface area (Å²) in [5, 5.41) is 7.59. The summed E-state index contributed by atoms with van der Waals surface area (Å²) in [4.78, 5) is 18.5. The third-order valence-electron chi connectivity index (χ3n) is 4.28. The SMILES string of the molecule is CN(C)c1cccc(CNC(=O)CCCc2nc(-c3ccc(Cl)cc3)no2)c1. The van der Waals surface area contributed by atoms with Gasteiger partial charge in [0.05, 0.1) is 0 Å². The second-order valence-electron chi connectivity index (χ2n) is 6.71. The number of carbonyl (C=O) groups excluding carboxylic acids is 1. The van der Waals surface area contributed by atoms with Gasteiger partial charge in [-0.05, 0) is 48.4 Å². The largest absolute Gasteiger partial charge is 0.378 e. The maximum atomic E-state index is 12.1. The molecule has 0 unspecified atom stereocenters. The number of halogens is 1. The molecule has 0 spiro atoms. The number of rotatable bonds is 8. The monoisotopic (exact) mass is 398 g/mol. The Bertz CT molecular complexity index is 922. The molecule has 1 heterocycles. The van der Waals surface area contributed by atoms with Crippen molar-refractivity contribution >= 4 is 23.2 Å². The van der Waals surface area contributed by atoms with Crippen LogP contribution in [0.15, 0.2) is 53.1 Å². The number of benzene rings is 2. The Balaban J connectivity index is 1.43. The predicted molar refractivity (Wildman–Crippen MR) is 110 cm³/mol. The second-order valence-corrected chi connectivity index (χ2v) is 7.15. The van der Waals surface area contributed by atoms with Crippen LogP contribution in [-0.4, -0.2) is 30.1 Å². The number of carbonyl (C=O) groups is 1. The van der Waals surface area contributed by atoms with Gasteiger partial charge in [0.2, 0.25) is 17.6 Å². The Morgan fingerprint density at radius 1 is 1.18 bits per heavy atom. The molecule has 2 aromatic carbocycles. The van der Waals surface area contributed by atoms with Crippen LogP contribution in [0.5, 0.6) is 0 Å². The highest BCUT2D eigenvalue weighted by molar-refractivity contribution is 6.30. The van der Waals surface area contributed by atoms with E-state index < -0.39 is 0 Å². The lowest BCUT2D eigenvalue weighted by Crippen LogP contribution is -2.22. The van der Waals surface area contributed by atoms with Crippen LogP contribution < -0.4 is 10.2 Å². The van der Waals surface area contributed by atoms with Gasteiger partial charge in [-0.25, -0.2) is 0 Å². The number of nitrogens with one attached hydrogen (secondary N) is 1. The summed E-state index contributed by atoms with van der Waals surface area (Å²) in [6.45, 7) is 0.516. The Morgan fingerprint density at radius 3 is 2.71 bits per heavy atom. The molecule has 1 aromatic heterocycles. The number of aryl methyl sites for hydroxylation is 1. The minimum absolute atomic E-state index is 0.00713. The molecular weight excluding hydrogens is 376 g/mol. The van der Waals surface area contributed by atoms with Crippen LogP contribution in [0.4, 0.5) is 5.69 Å². The first kappa shape index (κ1) is 19.9. The zero-order valence-electron chi connectivity index (χ0n) is 16.0. The van der Waals surface area contributed by atoms with E-state index in [0.717, 1.165) is 16.8 Å². The lowest BCUT2D eigenvalue weighted by molar-refractivity contribution is -0.121. The smallest absolute Gasteiger partial charge is 0.226 e. The maximum Gasteiger partial charge on any atom is 0.226 e. The molecule has 28 heavy (non-hydrogen) atoms. The third kappa shape index (κ3) is 5.57. The number of hydrogen-bond acceptors (Lipinski definition) is 5. The molecule has 0 atom stereocenters. The topological polar surface area (TPSA) is 71.3 Å². The summed E-state index contributed by atoms with van der Waals surface area (Å²) in [6, 6.07) is 15.3. The van der Waals surface area contributed by atoms with Crippen molar-refractivity contribution in [3.63, 3.8) is 0 Å². The molecule has 0 saturated heterocycles. The molecule has 6 nitrogen and oxygen atoms in total. The van der Waals surface area contributed by atoms with E-state index >= 15 is 0 Å². The van der Waals surface area contributed by atoms with Gasteiger partial charge in [-0.1, -0.05) is 28.9 Å².